The monoisotopic (exact) mass is 1610 g/mol. The van der Waals surface area contributed by atoms with Gasteiger partial charge in [0.2, 0.25) is 0 Å². The largest absolute Gasteiger partial charge is 0.311 e. The minimum atomic E-state index is -0.230. The second-order valence-electron chi connectivity index (χ2n) is 44.6. The molecule has 0 atom stereocenters. The Balaban J connectivity index is 0.000000188. The van der Waals surface area contributed by atoms with Crippen LogP contribution in [0.1, 0.15) is 272 Å². The van der Waals surface area contributed by atoms with Gasteiger partial charge in [-0.05, 0) is 304 Å². The lowest BCUT2D eigenvalue weighted by atomic mass is 9.33. The van der Waals surface area contributed by atoms with Crippen LogP contribution in [-0.2, 0) is 54.1 Å². The first kappa shape index (κ1) is 85.7. The molecule has 0 bridgehead atoms. The Kier molecular flexibility index (Phi) is 21.5. The Morgan fingerprint density at radius 3 is 1.14 bits per heavy atom. The van der Waals surface area contributed by atoms with Crippen molar-refractivity contribution < 1.29 is 8.78 Å². The second-order valence-corrected chi connectivity index (χ2v) is 44.6. The number of rotatable bonds is 10. The maximum atomic E-state index is 16.3. The lowest BCUT2D eigenvalue weighted by Gasteiger charge is -2.48. The van der Waals surface area contributed by atoms with Crippen molar-refractivity contribution in [2.24, 2.45) is 0 Å². The summed E-state index contributed by atoms with van der Waals surface area (Å²) in [5.74, 6) is -0.440. The van der Waals surface area contributed by atoms with Crippen LogP contribution in [0.2, 0.25) is 0 Å². The molecule has 0 N–H and O–H groups in total. The van der Waals surface area contributed by atoms with E-state index < -0.39 is 0 Å². The second kappa shape index (κ2) is 30.4. The molecule has 0 aromatic heterocycles. The molecule has 12 aromatic carbocycles. The number of nitrogens with zero attached hydrogens (tertiary/aromatic N) is 4. The molecule has 0 unspecified atom stereocenters. The van der Waals surface area contributed by atoms with Crippen molar-refractivity contribution in [3.8, 4) is 22.3 Å². The van der Waals surface area contributed by atoms with E-state index in [1.165, 1.54) is 89.1 Å². The van der Waals surface area contributed by atoms with Gasteiger partial charge in [0.15, 0.2) is 0 Å². The normalized spacial score (nSPS) is 15.8. The molecule has 2 aliphatic carbocycles. The molecule has 0 saturated heterocycles. The summed E-state index contributed by atoms with van der Waals surface area (Å²) in [5.41, 5.74) is 35.5. The third-order valence-corrected chi connectivity index (χ3v) is 27.2. The lowest BCUT2D eigenvalue weighted by Crippen LogP contribution is -2.62. The van der Waals surface area contributed by atoms with Gasteiger partial charge in [0.1, 0.15) is 11.6 Å². The maximum absolute atomic E-state index is 16.3. The molecule has 4 aliphatic rings. The number of hydrogen-bond donors (Lipinski definition) is 0. The fourth-order valence-electron chi connectivity index (χ4n) is 19.3. The molecule has 121 heavy (non-hydrogen) atoms. The van der Waals surface area contributed by atoms with Gasteiger partial charge in [0.25, 0.3) is 6.71 Å². The highest BCUT2D eigenvalue weighted by Gasteiger charge is 2.48. The molecule has 624 valence electrons. The van der Waals surface area contributed by atoms with Gasteiger partial charge in [-0.3, -0.25) is 0 Å². The Bertz CT molecular complexity index is 5910. The zero-order chi connectivity index (χ0) is 87.3. The molecule has 16 rings (SSSR count). The van der Waals surface area contributed by atoms with Gasteiger partial charge >= 0.3 is 0 Å². The van der Waals surface area contributed by atoms with Crippen LogP contribution >= 0.6 is 0 Å². The summed E-state index contributed by atoms with van der Waals surface area (Å²) in [7, 11) is 0. The topological polar surface area (TPSA) is 13.0 Å². The molecule has 0 saturated carbocycles. The minimum absolute atomic E-state index is 0.00396. The third-order valence-electron chi connectivity index (χ3n) is 27.2. The first-order valence-electron chi connectivity index (χ1n) is 44.5. The fraction of sp³-hybridized carbons (Fsp3) is 0.368. The molecular weight excluding hydrogens is 1470 g/mol. The van der Waals surface area contributed by atoms with Crippen molar-refractivity contribution in [1.82, 2.24) is 0 Å². The van der Waals surface area contributed by atoms with Crippen molar-refractivity contribution in [2.45, 2.75) is 274 Å². The molecule has 0 amide bonds. The van der Waals surface area contributed by atoms with Gasteiger partial charge in [-0.1, -0.05) is 289 Å². The summed E-state index contributed by atoms with van der Waals surface area (Å²) in [4.78, 5) is 9.80. The van der Waals surface area contributed by atoms with E-state index in [4.69, 9.17) is 0 Å². The van der Waals surface area contributed by atoms with Gasteiger partial charge in [0.05, 0.1) is 11.4 Å². The lowest BCUT2D eigenvalue weighted by molar-refractivity contribution is 0.332. The number of anilines is 12. The van der Waals surface area contributed by atoms with Crippen LogP contribution in [0.15, 0.2) is 237 Å². The number of fused-ring (bicyclic) bond motifs is 6. The van der Waals surface area contributed by atoms with Gasteiger partial charge < -0.3 is 19.6 Å². The van der Waals surface area contributed by atoms with Crippen molar-refractivity contribution in [1.29, 1.82) is 0 Å². The molecule has 0 spiro atoms. The number of aryl methyl sites for hydroxylation is 2. The standard InChI is InChI=1S/C57H64BFN2.C57H67FN2/c1-35-29-50-52-51(30-35)61(47-25-21-37(54(5,6)7)31-41(47)40-17-15-16-18-46(40)59)49-34-43-42(56(11,12)27-28-57(43,13)14)33-45(49)58(52)44-32-38(55(8,9)10)22-26-48(44)60(50)39-23-19-36(20-24-39)53(2,3)4;1-38-33-45(59(42-24-19-39(20-25-42)53(2,3)4)43-26-21-40(22-27-43)54(5,6)7)36-46(34-38)60(44-28-29-49-50(37-44)57(13,14)32-31-56(49,11)12)52-30-23-41(55(8,9)10)35-48(52)47-17-15-16-18-51(47)58/h15-26,29-34H,27-28H2,1-14H3;15-30,33-37H,31-32H2,1-14H3. The Morgan fingerprint density at radius 2 is 0.653 bits per heavy atom. The highest BCUT2D eigenvalue weighted by Crippen LogP contribution is 2.56. The minimum Gasteiger partial charge on any atom is -0.311 e. The molecule has 2 aliphatic heterocycles. The van der Waals surface area contributed by atoms with E-state index in [9.17, 15) is 0 Å². The van der Waals surface area contributed by atoms with Crippen molar-refractivity contribution in [3.63, 3.8) is 0 Å². The first-order chi connectivity index (χ1) is 56.4. The van der Waals surface area contributed by atoms with Gasteiger partial charge in [0, 0.05) is 79.1 Å². The zero-order valence-electron chi connectivity index (χ0n) is 78.0. The fourth-order valence-corrected chi connectivity index (χ4v) is 19.3. The van der Waals surface area contributed by atoms with Crippen molar-refractivity contribution in [2.75, 3.05) is 19.6 Å². The molecule has 0 fully saturated rings. The molecule has 0 radical (unpaired) electrons. The van der Waals surface area contributed by atoms with E-state index >= 15 is 8.78 Å². The van der Waals surface area contributed by atoms with E-state index in [0.717, 1.165) is 99.1 Å². The number of benzene rings is 12. The summed E-state index contributed by atoms with van der Waals surface area (Å²) in [5, 5.41) is 0. The van der Waals surface area contributed by atoms with Crippen LogP contribution in [-0.4, -0.2) is 6.71 Å². The van der Waals surface area contributed by atoms with E-state index in [0.29, 0.717) is 11.1 Å². The van der Waals surface area contributed by atoms with E-state index in [-0.39, 0.29) is 72.5 Å². The quantitative estimate of drug-likeness (QED) is 0.127. The molecule has 7 heteroatoms. The molecular formula is C114H131BF2N4. The maximum Gasteiger partial charge on any atom is 0.252 e. The Labute approximate surface area is 726 Å². The molecule has 2 heterocycles. The smallest absolute Gasteiger partial charge is 0.252 e. The highest BCUT2D eigenvalue weighted by atomic mass is 19.1. The summed E-state index contributed by atoms with van der Waals surface area (Å²) in [6.45, 7) is 64.5. The average Bonchev–Trinajstić information content (AvgIpc) is 0.686. The van der Waals surface area contributed by atoms with Crippen LogP contribution < -0.4 is 36.0 Å². The molecule has 4 nitrogen and oxygen atoms in total. The molecule has 12 aromatic rings. The summed E-state index contributed by atoms with van der Waals surface area (Å²) >= 11 is 0. The predicted octanol–water partition coefficient (Wildman–Crippen LogP) is 31.1. The SMILES string of the molecule is Cc1cc(N(c2ccc(C(C)(C)C)cc2)c2ccc(C(C)(C)C)cc2)cc(N(c2ccc3c(c2)C(C)(C)CCC3(C)C)c2ccc(C(C)(C)C)cc2-c2ccccc2F)c1.Cc1cc2c3c(c1)N(c1ccc(C(C)(C)C)cc1-c1ccccc1F)c1cc4c(cc1B3c1cc(C(C)(C)C)ccc1N2c1ccc(C(C)(C)C)cc1)C(C)(C)CCC4(C)C. The van der Waals surface area contributed by atoms with E-state index in [2.05, 4.69) is 402 Å². The van der Waals surface area contributed by atoms with Crippen molar-refractivity contribution >= 4 is 91.3 Å². The zero-order valence-corrected chi connectivity index (χ0v) is 78.0. The summed E-state index contributed by atoms with van der Waals surface area (Å²) < 4.78 is 32.5. The van der Waals surface area contributed by atoms with Gasteiger partial charge in [-0.2, -0.15) is 0 Å². The number of hydrogen-bond acceptors (Lipinski definition) is 4. The van der Waals surface area contributed by atoms with Crippen LogP contribution in [0.25, 0.3) is 22.3 Å². The highest BCUT2D eigenvalue weighted by molar-refractivity contribution is 7.00. The van der Waals surface area contributed by atoms with Crippen LogP contribution in [0.4, 0.5) is 77.0 Å². The predicted molar refractivity (Wildman–Crippen MR) is 519 cm³/mol. The van der Waals surface area contributed by atoms with E-state index in [1.54, 1.807) is 24.3 Å². The Morgan fingerprint density at radius 1 is 0.281 bits per heavy atom. The average molecular weight is 1610 g/mol. The Hall–Kier alpha value is -10.2. The first-order valence-corrected chi connectivity index (χ1v) is 44.5. The van der Waals surface area contributed by atoms with Crippen LogP contribution in [0.5, 0.6) is 0 Å². The number of halogens is 2. The van der Waals surface area contributed by atoms with Gasteiger partial charge in [-0.25, -0.2) is 8.78 Å². The summed E-state index contributed by atoms with van der Waals surface area (Å²) in [6, 6.07) is 86.5. The van der Waals surface area contributed by atoms with Crippen molar-refractivity contribution in [3.05, 3.63) is 315 Å². The van der Waals surface area contributed by atoms with Crippen LogP contribution in [0.3, 0.4) is 0 Å². The van der Waals surface area contributed by atoms with E-state index in [1.807, 2.05) is 24.3 Å². The third kappa shape index (κ3) is 16.3. The summed E-state index contributed by atoms with van der Waals surface area (Å²) in [6.07, 6.45) is 4.52. The van der Waals surface area contributed by atoms with Gasteiger partial charge in [-0.15, -0.1) is 0 Å². The van der Waals surface area contributed by atoms with Crippen LogP contribution in [0, 0.1) is 25.5 Å².